The molecular formula is C18H17N5O3S. The van der Waals surface area contributed by atoms with Gasteiger partial charge in [-0.15, -0.1) is 16.8 Å². The van der Waals surface area contributed by atoms with Gasteiger partial charge in [-0.1, -0.05) is 36.0 Å². The van der Waals surface area contributed by atoms with Crippen LogP contribution in [0, 0.1) is 0 Å². The summed E-state index contributed by atoms with van der Waals surface area (Å²) in [5.41, 5.74) is 5.22. The topological polar surface area (TPSA) is 102 Å². The van der Waals surface area contributed by atoms with Crippen LogP contribution < -0.4 is 10.9 Å². The van der Waals surface area contributed by atoms with Crippen molar-refractivity contribution in [1.82, 2.24) is 25.6 Å². The second kappa shape index (κ2) is 8.86. The highest BCUT2D eigenvalue weighted by atomic mass is 32.2. The molecule has 2 N–H and O–H groups in total. The molecule has 0 fully saturated rings. The fraction of sp³-hybridized carbons (Fsp3) is 0.111. The maximum Gasteiger partial charge on any atom is 0.269 e. The Balaban J connectivity index is 1.57. The van der Waals surface area contributed by atoms with Gasteiger partial charge in [-0.2, -0.15) is 0 Å². The molecule has 1 aromatic carbocycles. The Morgan fingerprint density at radius 1 is 1.15 bits per heavy atom. The van der Waals surface area contributed by atoms with Gasteiger partial charge in [0.1, 0.15) is 0 Å². The van der Waals surface area contributed by atoms with Crippen molar-refractivity contribution in [3.8, 4) is 11.6 Å². The molecule has 0 aliphatic heterocycles. The molecule has 2 heterocycles. The summed E-state index contributed by atoms with van der Waals surface area (Å²) < 4.78 is 7.16. The maximum absolute atomic E-state index is 12.0. The van der Waals surface area contributed by atoms with E-state index in [0.29, 0.717) is 28.8 Å². The van der Waals surface area contributed by atoms with E-state index in [2.05, 4.69) is 27.6 Å². The van der Waals surface area contributed by atoms with E-state index in [4.69, 9.17) is 4.42 Å². The summed E-state index contributed by atoms with van der Waals surface area (Å²) in [7, 11) is 0. The number of nitrogens with zero attached hydrogens (tertiary/aromatic N) is 3. The molecule has 3 aromatic rings. The molecule has 0 aliphatic carbocycles. The number of allylic oxidation sites excluding steroid dienone is 1. The lowest BCUT2D eigenvalue weighted by molar-refractivity contribution is -0.119. The third-order valence-corrected chi connectivity index (χ3v) is 4.42. The number of benzene rings is 1. The summed E-state index contributed by atoms with van der Waals surface area (Å²) in [6.07, 6.45) is 3.26. The van der Waals surface area contributed by atoms with Crippen molar-refractivity contribution in [1.29, 1.82) is 0 Å². The second-order valence-corrected chi connectivity index (χ2v) is 6.28. The largest absolute Gasteiger partial charge is 0.461 e. The Labute approximate surface area is 159 Å². The Morgan fingerprint density at radius 2 is 1.96 bits per heavy atom. The van der Waals surface area contributed by atoms with Crippen LogP contribution in [-0.2, 0) is 11.3 Å². The number of nitrogens with one attached hydrogen (secondary N) is 2. The fourth-order valence-corrected chi connectivity index (χ4v) is 2.98. The number of amides is 2. The van der Waals surface area contributed by atoms with Gasteiger partial charge in [0.05, 0.1) is 12.0 Å². The molecule has 0 radical (unpaired) electrons. The number of furan rings is 1. The molecular weight excluding hydrogens is 366 g/mol. The summed E-state index contributed by atoms with van der Waals surface area (Å²) in [6.45, 7) is 4.20. The van der Waals surface area contributed by atoms with Gasteiger partial charge >= 0.3 is 0 Å². The van der Waals surface area contributed by atoms with Gasteiger partial charge in [0, 0.05) is 12.1 Å². The molecule has 0 unspecified atom stereocenters. The van der Waals surface area contributed by atoms with Crippen molar-refractivity contribution in [2.45, 2.75) is 11.7 Å². The molecule has 0 bridgehead atoms. The third kappa shape index (κ3) is 4.64. The second-order valence-electron chi connectivity index (χ2n) is 5.34. The van der Waals surface area contributed by atoms with Gasteiger partial charge in [0.25, 0.3) is 5.91 Å². The van der Waals surface area contributed by atoms with Crippen molar-refractivity contribution in [3.63, 3.8) is 0 Å². The van der Waals surface area contributed by atoms with E-state index in [1.54, 1.807) is 53.3 Å². The highest BCUT2D eigenvalue weighted by molar-refractivity contribution is 7.99. The Bertz CT molecular complexity index is 922. The molecule has 2 aromatic heterocycles. The van der Waals surface area contributed by atoms with Gasteiger partial charge in [-0.25, -0.2) is 0 Å². The molecule has 138 valence electrons. The number of carbonyl (C=O) groups excluding carboxylic acids is 2. The Kier molecular flexibility index (Phi) is 6.06. The van der Waals surface area contributed by atoms with E-state index in [-0.39, 0.29) is 17.6 Å². The first-order chi connectivity index (χ1) is 13.2. The first kappa shape index (κ1) is 18.5. The Morgan fingerprint density at radius 3 is 2.67 bits per heavy atom. The monoisotopic (exact) mass is 383 g/mol. The van der Waals surface area contributed by atoms with E-state index in [0.717, 1.165) is 0 Å². The molecule has 0 saturated heterocycles. The average molecular weight is 383 g/mol. The lowest BCUT2D eigenvalue weighted by Crippen LogP contribution is -2.42. The van der Waals surface area contributed by atoms with E-state index in [1.165, 1.54) is 11.8 Å². The van der Waals surface area contributed by atoms with Gasteiger partial charge < -0.3 is 4.42 Å². The van der Waals surface area contributed by atoms with Crippen LogP contribution in [0.25, 0.3) is 11.6 Å². The number of hydrogen-bond donors (Lipinski definition) is 2. The van der Waals surface area contributed by atoms with Crippen LogP contribution >= 0.6 is 11.8 Å². The molecule has 0 saturated carbocycles. The lowest BCUT2D eigenvalue weighted by Gasteiger charge is -2.08. The molecule has 27 heavy (non-hydrogen) atoms. The smallest absolute Gasteiger partial charge is 0.269 e. The minimum absolute atomic E-state index is 0.0580. The van der Waals surface area contributed by atoms with E-state index in [1.807, 2.05) is 6.07 Å². The highest BCUT2D eigenvalue weighted by Crippen LogP contribution is 2.24. The zero-order valence-electron chi connectivity index (χ0n) is 14.3. The molecule has 9 heteroatoms. The minimum atomic E-state index is -0.385. The summed E-state index contributed by atoms with van der Waals surface area (Å²) in [6, 6.07) is 12.2. The number of thioether (sulfide) groups is 1. The van der Waals surface area contributed by atoms with Crippen LogP contribution in [0.3, 0.4) is 0 Å². The zero-order valence-corrected chi connectivity index (χ0v) is 15.1. The predicted molar refractivity (Wildman–Crippen MR) is 101 cm³/mol. The van der Waals surface area contributed by atoms with Crippen LogP contribution in [0.1, 0.15) is 10.4 Å². The van der Waals surface area contributed by atoms with Crippen LogP contribution in [-0.4, -0.2) is 32.3 Å². The summed E-state index contributed by atoms with van der Waals surface area (Å²) in [5, 5.41) is 8.77. The first-order valence-corrected chi connectivity index (χ1v) is 9.02. The highest BCUT2D eigenvalue weighted by Gasteiger charge is 2.16. The van der Waals surface area contributed by atoms with Crippen molar-refractivity contribution < 1.29 is 14.0 Å². The maximum atomic E-state index is 12.0. The number of hydrazine groups is 1. The van der Waals surface area contributed by atoms with Gasteiger partial charge in [0.2, 0.25) is 11.7 Å². The van der Waals surface area contributed by atoms with Crippen molar-refractivity contribution in [3.05, 3.63) is 66.9 Å². The van der Waals surface area contributed by atoms with Gasteiger partial charge in [0.15, 0.2) is 10.9 Å². The zero-order chi connectivity index (χ0) is 19.1. The van der Waals surface area contributed by atoms with Crippen LogP contribution in [0.4, 0.5) is 0 Å². The van der Waals surface area contributed by atoms with Gasteiger partial charge in [-0.3, -0.25) is 25.0 Å². The fourth-order valence-electron chi connectivity index (χ4n) is 2.23. The summed E-state index contributed by atoms with van der Waals surface area (Å²) in [4.78, 5) is 23.9. The average Bonchev–Trinajstić information content (AvgIpc) is 3.35. The lowest BCUT2D eigenvalue weighted by atomic mass is 10.2. The van der Waals surface area contributed by atoms with Crippen LogP contribution in [0.5, 0.6) is 0 Å². The first-order valence-electron chi connectivity index (χ1n) is 8.04. The number of carbonyl (C=O) groups is 2. The number of rotatable bonds is 7. The van der Waals surface area contributed by atoms with Crippen molar-refractivity contribution in [2.75, 3.05) is 5.75 Å². The molecule has 0 aliphatic rings. The van der Waals surface area contributed by atoms with E-state index >= 15 is 0 Å². The van der Waals surface area contributed by atoms with Gasteiger partial charge in [-0.05, 0) is 24.3 Å². The van der Waals surface area contributed by atoms with Crippen LogP contribution in [0.15, 0.2) is 71.0 Å². The minimum Gasteiger partial charge on any atom is -0.461 e. The van der Waals surface area contributed by atoms with E-state index in [9.17, 15) is 9.59 Å². The molecule has 2 amide bonds. The van der Waals surface area contributed by atoms with Crippen molar-refractivity contribution in [2.24, 2.45) is 0 Å². The number of hydrogen-bond acceptors (Lipinski definition) is 6. The SMILES string of the molecule is C=CCn1c(SCC(=O)NNC(=O)c2ccccc2)nnc1-c1ccco1. The molecule has 0 spiro atoms. The summed E-state index contributed by atoms with van der Waals surface area (Å²) >= 11 is 1.20. The predicted octanol–water partition coefficient (Wildman–Crippen LogP) is 2.28. The van der Waals surface area contributed by atoms with Crippen LogP contribution in [0.2, 0.25) is 0 Å². The van der Waals surface area contributed by atoms with Crippen molar-refractivity contribution >= 4 is 23.6 Å². The summed E-state index contributed by atoms with van der Waals surface area (Å²) in [5.74, 6) is 0.444. The molecule has 0 atom stereocenters. The standard InChI is InChI=1S/C18H17N5O3S/c1-2-10-23-16(14-9-6-11-26-14)20-22-18(23)27-12-15(24)19-21-17(25)13-7-4-3-5-8-13/h2-9,11H,1,10,12H2,(H,19,24)(H,21,25). The third-order valence-electron chi connectivity index (χ3n) is 3.45. The quantitative estimate of drug-likeness (QED) is 0.369. The normalized spacial score (nSPS) is 10.4. The number of aromatic nitrogens is 3. The Hall–Kier alpha value is -3.33. The molecule has 3 rings (SSSR count). The van der Waals surface area contributed by atoms with E-state index < -0.39 is 0 Å². The molecule has 8 nitrogen and oxygen atoms in total.